The van der Waals surface area contributed by atoms with E-state index in [-0.39, 0.29) is 17.0 Å². The van der Waals surface area contributed by atoms with Gasteiger partial charge in [-0.2, -0.15) is 10.4 Å². The minimum atomic E-state index is -0.285. The largest absolute Gasteiger partial charge is 0.369 e. The average Bonchev–Trinajstić information content (AvgIpc) is 3.23. The maximum atomic E-state index is 13.2. The van der Waals surface area contributed by atoms with Gasteiger partial charge in [0.2, 0.25) is 5.78 Å². The van der Waals surface area contributed by atoms with E-state index in [1.807, 2.05) is 49.4 Å². The molecule has 0 unspecified atom stereocenters. The standard InChI is InChI=1S/C27H23ClN4OS/c1-19-8-10-20(11-9-19)26(33)25-24(18-29)27(32(31-25)22-14-12-21(28)13-15-22)30-16-5-17-34-23-6-3-2-4-7-23/h2-4,6-15,30H,5,16-17H2,1H3. The maximum Gasteiger partial charge on any atom is 0.214 e. The molecule has 0 fully saturated rings. The fourth-order valence-corrected chi connectivity index (χ4v) is 4.44. The van der Waals surface area contributed by atoms with Gasteiger partial charge in [0.25, 0.3) is 0 Å². The van der Waals surface area contributed by atoms with E-state index in [1.54, 1.807) is 40.7 Å². The monoisotopic (exact) mass is 486 g/mol. The predicted octanol–water partition coefficient (Wildman–Crippen LogP) is 6.53. The molecule has 0 saturated heterocycles. The zero-order chi connectivity index (χ0) is 23.9. The molecule has 1 heterocycles. The van der Waals surface area contributed by atoms with Crippen LogP contribution >= 0.6 is 23.4 Å². The molecule has 1 N–H and O–H groups in total. The van der Waals surface area contributed by atoms with Crippen molar-refractivity contribution in [3.63, 3.8) is 0 Å². The lowest BCUT2D eigenvalue weighted by Crippen LogP contribution is -2.09. The van der Waals surface area contributed by atoms with Crippen molar-refractivity contribution in [2.24, 2.45) is 0 Å². The Hall–Kier alpha value is -3.53. The second kappa shape index (κ2) is 11.1. The highest BCUT2D eigenvalue weighted by Crippen LogP contribution is 2.27. The summed E-state index contributed by atoms with van der Waals surface area (Å²) < 4.78 is 1.61. The Morgan fingerprint density at radius 1 is 1.06 bits per heavy atom. The molecule has 0 amide bonds. The van der Waals surface area contributed by atoms with E-state index < -0.39 is 0 Å². The summed E-state index contributed by atoms with van der Waals surface area (Å²) in [4.78, 5) is 14.5. The number of aromatic nitrogens is 2. The molecule has 170 valence electrons. The van der Waals surface area contributed by atoms with Crippen molar-refractivity contribution >= 4 is 35.0 Å². The van der Waals surface area contributed by atoms with Crippen molar-refractivity contribution in [1.29, 1.82) is 5.26 Å². The van der Waals surface area contributed by atoms with Crippen LogP contribution in [0.25, 0.3) is 5.69 Å². The number of benzene rings is 3. The number of thioether (sulfide) groups is 1. The van der Waals surface area contributed by atoms with Crippen LogP contribution in [0.5, 0.6) is 0 Å². The number of ketones is 1. The molecular weight excluding hydrogens is 464 g/mol. The third-order valence-electron chi connectivity index (χ3n) is 5.22. The van der Waals surface area contributed by atoms with Gasteiger partial charge in [-0.3, -0.25) is 4.79 Å². The SMILES string of the molecule is Cc1ccc(C(=O)c2nn(-c3ccc(Cl)cc3)c(NCCCSc3ccccc3)c2C#N)cc1. The van der Waals surface area contributed by atoms with E-state index in [0.717, 1.165) is 17.7 Å². The number of anilines is 1. The molecule has 4 rings (SSSR count). The Balaban J connectivity index is 1.60. The molecule has 7 heteroatoms. The summed E-state index contributed by atoms with van der Waals surface area (Å²) in [5, 5.41) is 18.5. The molecule has 1 aromatic heterocycles. The molecule has 0 saturated carbocycles. The van der Waals surface area contributed by atoms with Crippen LogP contribution < -0.4 is 5.32 Å². The van der Waals surface area contributed by atoms with Crippen LogP contribution in [0.2, 0.25) is 5.02 Å². The molecular formula is C27H23ClN4OS. The third kappa shape index (κ3) is 5.51. The summed E-state index contributed by atoms with van der Waals surface area (Å²) in [6.45, 7) is 2.59. The van der Waals surface area contributed by atoms with Gasteiger partial charge in [-0.25, -0.2) is 4.68 Å². The summed E-state index contributed by atoms with van der Waals surface area (Å²) in [7, 11) is 0. The molecule has 0 spiro atoms. The van der Waals surface area contributed by atoms with Gasteiger partial charge in [0, 0.05) is 22.0 Å². The van der Waals surface area contributed by atoms with Crippen molar-refractivity contribution in [3.8, 4) is 11.8 Å². The van der Waals surface area contributed by atoms with Gasteiger partial charge >= 0.3 is 0 Å². The molecule has 0 atom stereocenters. The number of nitriles is 1. The van der Waals surface area contributed by atoms with Gasteiger partial charge in [0.05, 0.1) is 5.69 Å². The Bertz CT molecular complexity index is 1310. The first-order valence-electron chi connectivity index (χ1n) is 10.9. The number of nitrogens with zero attached hydrogens (tertiary/aromatic N) is 3. The highest BCUT2D eigenvalue weighted by Gasteiger charge is 2.25. The Morgan fingerprint density at radius 2 is 1.76 bits per heavy atom. The summed E-state index contributed by atoms with van der Waals surface area (Å²) in [6.07, 6.45) is 0.872. The maximum absolute atomic E-state index is 13.2. The van der Waals surface area contributed by atoms with Gasteiger partial charge in [0.1, 0.15) is 17.5 Å². The number of halogens is 1. The van der Waals surface area contributed by atoms with Crippen LogP contribution in [0.4, 0.5) is 5.82 Å². The van der Waals surface area contributed by atoms with Crippen molar-refractivity contribution in [1.82, 2.24) is 9.78 Å². The summed E-state index contributed by atoms with van der Waals surface area (Å²) in [5.74, 6) is 1.14. The number of nitrogens with one attached hydrogen (secondary N) is 1. The van der Waals surface area contributed by atoms with Gasteiger partial charge in [0.15, 0.2) is 5.69 Å². The predicted molar refractivity (Wildman–Crippen MR) is 138 cm³/mol. The van der Waals surface area contributed by atoms with E-state index in [1.165, 1.54) is 4.90 Å². The Kier molecular flexibility index (Phi) is 7.69. The summed E-state index contributed by atoms with van der Waals surface area (Å²) in [6, 6.07) is 26.8. The molecule has 0 aliphatic rings. The topological polar surface area (TPSA) is 70.7 Å². The molecule has 34 heavy (non-hydrogen) atoms. The smallest absolute Gasteiger partial charge is 0.214 e. The highest BCUT2D eigenvalue weighted by molar-refractivity contribution is 7.99. The van der Waals surface area contributed by atoms with Crippen LogP contribution in [-0.4, -0.2) is 27.9 Å². The second-order valence-electron chi connectivity index (χ2n) is 7.71. The minimum absolute atomic E-state index is 0.127. The van der Waals surface area contributed by atoms with Crippen molar-refractivity contribution in [3.05, 3.63) is 106 Å². The number of carbonyl (C=O) groups excluding carboxylic acids is 1. The first-order valence-corrected chi connectivity index (χ1v) is 12.3. The van der Waals surface area contributed by atoms with Crippen LogP contribution in [0.3, 0.4) is 0 Å². The molecule has 0 aliphatic carbocycles. The summed E-state index contributed by atoms with van der Waals surface area (Å²) >= 11 is 7.84. The second-order valence-corrected chi connectivity index (χ2v) is 9.31. The third-order valence-corrected chi connectivity index (χ3v) is 6.57. The zero-order valence-corrected chi connectivity index (χ0v) is 20.2. The highest BCUT2D eigenvalue weighted by atomic mass is 35.5. The molecule has 0 radical (unpaired) electrons. The van der Waals surface area contributed by atoms with Crippen molar-refractivity contribution in [2.75, 3.05) is 17.6 Å². The van der Waals surface area contributed by atoms with E-state index >= 15 is 0 Å². The van der Waals surface area contributed by atoms with E-state index in [9.17, 15) is 10.1 Å². The number of rotatable bonds is 9. The van der Waals surface area contributed by atoms with E-state index in [2.05, 4.69) is 28.6 Å². The van der Waals surface area contributed by atoms with Crippen LogP contribution in [0.1, 0.15) is 33.6 Å². The fourth-order valence-electron chi connectivity index (χ4n) is 3.44. The van der Waals surface area contributed by atoms with E-state index in [4.69, 9.17) is 11.6 Å². The fraction of sp³-hybridized carbons (Fsp3) is 0.148. The number of carbonyl (C=O) groups is 1. The Morgan fingerprint density at radius 3 is 2.44 bits per heavy atom. The van der Waals surface area contributed by atoms with E-state index in [0.29, 0.717) is 28.6 Å². The lowest BCUT2D eigenvalue weighted by atomic mass is 10.0. The average molecular weight is 487 g/mol. The zero-order valence-electron chi connectivity index (χ0n) is 18.7. The van der Waals surface area contributed by atoms with Crippen LogP contribution in [0, 0.1) is 18.3 Å². The number of aryl methyl sites for hydroxylation is 1. The molecule has 0 aliphatic heterocycles. The molecule has 3 aromatic carbocycles. The Labute approximate surface area is 208 Å². The molecule has 4 aromatic rings. The van der Waals surface area contributed by atoms with Crippen LogP contribution in [0.15, 0.2) is 83.8 Å². The van der Waals surface area contributed by atoms with Gasteiger partial charge in [-0.05, 0) is 55.5 Å². The number of hydrogen-bond acceptors (Lipinski definition) is 5. The van der Waals surface area contributed by atoms with Crippen LogP contribution in [-0.2, 0) is 0 Å². The normalized spacial score (nSPS) is 10.6. The van der Waals surface area contributed by atoms with Gasteiger partial charge in [-0.15, -0.1) is 11.8 Å². The number of hydrogen-bond donors (Lipinski definition) is 1. The molecule has 0 bridgehead atoms. The lowest BCUT2D eigenvalue weighted by Gasteiger charge is -2.10. The van der Waals surface area contributed by atoms with Crippen molar-refractivity contribution < 1.29 is 4.79 Å². The first kappa shape index (κ1) is 23.6. The minimum Gasteiger partial charge on any atom is -0.369 e. The molecule has 5 nitrogen and oxygen atoms in total. The summed E-state index contributed by atoms with van der Waals surface area (Å²) in [5.41, 5.74) is 2.62. The quantitative estimate of drug-likeness (QED) is 0.165. The lowest BCUT2D eigenvalue weighted by molar-refractivity contribution is 0.103. The van der Waals surface area contributed by atoms with Gasteiger partial charge in [-0.1, -0.05) is 59.6 Å². The van der Waals surface area contributed by atoms with Gasteiger partial charge < -0.3 is 5.32 Å². The first-order chi connectivity index (χ1) is 16.6. The van der Waals surface area contributed by atoms with Crippen molar-refractivity contribution in [2.45, 2.75) is 18.2 Å².